The van der Waals surface area contributed by atoms with Gasteiger partial charge in [0.15, 0.2) is 0 Å². The first-order chi connectivity index (χ1) is 14.9. The Balaban J connectivity index is 1.46. The Morgan fingerprint density at radius 3 is 2.48 bits per heavy atom. The number of amides is 1. The van der Waals surface area contributed by atoms with E-state index in [1.54, 1.807) is 42.5 Å². The van der Waals surface area contributed by atoms with Gasteiger partial charge in [-0.05, 0) is 48.7 Å². The van der Waals surface area contributed by atoms with Crippen LogP contribution in [0.5, 0.6) is 0 Å². The Morgan fingerprint density at radius 1 is 1.06 bits per heavy atom. The number of piperidine rings is 1. The summed E-state index contributed by atoms with van der Waals surface area (Å²) in [5.41, 5.74) is 1.85. The second kappa shape index (κ2) is 9.17. The third-order valence-electron chi connectivity index (χ3n) is 5.14. The molecule has 0 aliphatic carbocycles. The van der Waals surface area contributed by atoms with Crippen LogP contribution in [0.25, 0.3) is 5.69 Å². The number of rotatable bonds is 6. The van der Waals surface area contributed by atoms with Crippen molar-refractivity contribution in [3.8, 4) is 5.69 Å². The minimum Gasteiger partial charge on any atom is -0.324 e. The predicted octanol–water partition coefficient (Wildman–Crippen LogP) is 3.28. The Hall–Kier alpha value is -2.75. The van der Waals surface area contributed by atoms with Gasteiger partial charge in [-0.3, -0.25) is 4.79 Å². The van der Waals surface area contributed by atoms with Gasteiger partial charge in [0.2, 0.25) is 15.9 Å². The zero-order valence-corrected chi connectivity index (χ0v) is 18.3. The molecule has 0 radical (unpaired) electrons. The summed E-state index contributed by atoms with van der Waals surface area (Å²) >= 11 is 6.09. The van der Waals surface area contributed by atoms with Gasteiger partial charge >= 0.3 is 0 Å². The topological polar surface area (TPSA) is 97.2 Å². The van der Waals surface area contributed by atoms with E-state index in [9.17, 15) is 13.2 Å². The maximum atomic E-state index is 12.8. The van der Waals surface area contributed by atoms with Gasteiger partial charge in [0.1, 0.15) is 12.7 Å². The summed E-state index contributed by atoms with van der Waals surface area (Å²) in [6.45, 7) is 1.11. The lowest BCUT2D eigenvalue weighted by Gasteiger charge is -2.25. The van der Waals surface area contributed by atoms with E-state index in [1.807, 2.05) is 0 Å². The van der Waals surface area contributed by atoms with Crippen molar-refractivity contribution in [1.29, 1.82) is 0 Å². The number of halogens is 1. The zero-order chi connectivity index (χ0) is 21.8. The fraction of sp³-hybridized carbons (Fsp3) is 0.286. The van der Waals surface area contributed by atoms with E-state index >= 15 is 0 Å². The van der Waals surface area contributed by atoms with Crippen molar-refractivity contribution in [2.24, 2.45) is 0 Å². The largest absolute Gasteiger partial charge is 0.324 e. The van der Waals surface area contributed by atoms with Crippen LogP contribution in [-0.4, -0.2) is 46.5 Å². The molecular formula is C21H22ClN5O3S. The molecule has 0 bridgehead atoms. The molecule has 2 aromatic carbocycles. The molecule has 8 nitrogen and oxygen atoms in total. The summed E-state index contributed by atoms with van der Waals surface area (Å²) in [5.74, 6) is -0.254. The number of nitrogens with zero attached hydrogens (tertiary/aromatic N) is 4. The van der Waals surface area contributed by atoms with Gasteiger partial charge in [-0.2, -0.15) is 9.40 Å². The first-order valence-electron chi connectivity index (χ1n) is 9.97. The van der Waals surface area contributed by atoms with Crippen molar-refractivity contribution in [3.05, 3.63) is 65.7 Å². The summed E-state index contributed by atoms with van der Waals surface area (Å²) in [6, 6.07) is 11.6. The fourth-order valence-corrected chi connectivity index (χ4v) is 5.24. The van der Waals surface area contributed by atoms with E-state index in [4.69, 9.17) is 11.6 Å². The van der Waals surface area contributed by atoms with Gasteiger partial charge in [0.05, 0.1) is 22.7 Å². The van der Waals surface area contributed by atoms with Crippen LogP contribution in [0, 0.1) is 0 Å². The minimum atomic E-state index is -3.49. The van der Waals surface area contributed by atoms with Crippen molar-refractivity contribution in [1.82, 2.24) is 19.1 Å². The second-order valence-corrected chi connectivity index (χ2v) is 9.71. The molecule has 0 atom stereocenters. The van der Waals surface area contributed by atoms with Crippen LogP contribution in [0.3, 0.4) is 0 Å². The number of carbonyl (C=O) groups is 1. The highest BCUT2D eigenvalue weighted by Crippen LogP contribution is 2.25. The lowest BCUT2D eigenvalue weighted by Crippen LogP contribution is -2.35. The molecule has 1 aliphatic heterocycles. The highest BCUT2D eigenvalue weighted by atomic mass is 35.5. The van der Waals surface area contributed by atoms with Gasteiger partial charge < -0.3 is 5.32 Å². The first kappa shape index (κ1) is 21.5. The lowest BCUT2D eigenvalue weighted by molar-refractivity contribution is -0.115. The zero-order valence-electron chi connectivity index (χ0n) is 16.7. The average molecular weight is 460 g/mol. The van der Waals surface area contributed by atoms with Gasteiger partial charge in [-0.15, -0.1) is 0 Å². The summed E-state index contributed by atoms with van der Waals surface area (Å²) in [6.07, 6.45) is 5.86. The Kier molecular flexibility index (Phi) is 6.35. The number of anilines is 1. The van der Waals surface area contributed by atoms with Crippen LogP contribution < -0.4 is 5.32 Å². The molecule has 1 saturated heterocycles. The second-order valence-electron chi connectivity index (χ2n) is 7.34. The van der Waals surface area contributed by atoms with Crippen molar-refractivity contribution in [3.63, 3.8) is 0 Å². The molecule has 1 amide bonds. The standard InChI is InChI=1S/C21H22ClN5O3S/c22-17-6-9-20(27-15-23-14-24-27)19(13-17)25-21(28)12-16-4-7-18(8-5-16)31(29,30)26-10-2-1-3-11-26/h4-9,13-15H,1-3,10-12H2,(H,25,28). The van der Waals surface area contributed by atoms with Crippen molar-refractivity contribution >= 4 is 33.2 Å². The van der Waals surface area contributed by atoms with E-state index in [0.29, 0.717) is 35.1 Å². The smallest absolute Gasteiger partial charge is 0.243 e. The normalized spacial score (nSPS) is 15.0. The third-order valence-corrected chi connectivity index (χ3v) is 7.29. The van der Waals surface area contributed by atoms with Crippen molar-refractivity contribution in [2.75, 3.05) is 18.4 Å². The number of aromatic nitrogens is 3. The molecule has 2 heterocycles. The lowest BCUT2D eigenvalue weighted by atomic mass is 10.1. The molecule has 31 heavy (non-hydrogen) atoms. The van der Waals surface area contributed by atoms with Crippen molar-refractivity contribution in [2.45, 2.75) is 30.6 Å². The maximum Gasteiger partial charge on any atom is 0.243 e. The molecule has 0 unspecified atom stereocenters. The SMILES string of the molecule is O=C(Cc1ccc(S(=O)(=O)N2CCCCC2)cc1)Nc1cc(Cl)ccc1-n1cncn1. The molecule has 1 aromatic heterocycles. The number of sulfonamides is 1. The maximum absolute atomic E-state index is 12.8. The summed E-state index contributed by atoms with van der Waals surface area (Å²) in [7, 11) is -3.49. The van der Waals surface area contributed by atoms with Crippen LogP contribution in [0.2, 0.25) is 5.02 Å². The Bertz CT molecular complexity index is 1160. The number of benzene rings is 2. The van der Waals surface area contributed by atoms with E-state index in [1.165, 1.54) is 21.6 Å². The van der Waals surface area contributed by atoms with E-state index in [2.05, 4.69) is 15.4 Å². The van der Waals surface area contributed by atoms with Crippen molar-refractivity contribution < 1.29 is 13.2 Å². The first-order valence-corrected chi connectivity index (χ1v) is 11.8. The van der Waals surface area contributed by atoms with Crippen LogP contribution in [0.4, 0.5) is 5.69 Å². The van der Waals surface area contributed by atoms with Crippen LogP contribution in [0.15, 0.2) is 60.0 Å². The number of carbonyl (C=O) groups excluding carboxylic acids is 1. The predicted molar refractivity (Wildman–Crippen MR) is 118 cm³/mol. The van der Waals surface area contributed by atoms with Gasteiger partial charge in [-0.1, -0.05) is 30.2 Å². The summed E-state index contributed by atoms with van der Waals surface area (Å²) < 4.78 is 28.6. The molecule has 1 N–H and O–H groups in total. The Morgan fingerprint density at radius 2 is 1.81 bits per heavy atom. The Labute approximate surface area is 185 Å². The average Bonchev–Trinajstić information content (AvgIpc) is 3.29. The fourth-order valence-electron chi connectivity index (χ4n) is 3.55. The van der Waals surface area contributed by atoms with E-state index in [-0.39, 0.29) is 17.2 Å². The van der Waals surface area contributed by atoms with E-state index < -0.39 is 10.0 Å². The highest BCUT2D eigenvalue weighted by Gasteiger charge is 2.25. The van der Waals surface area contributed by atoms with Crippen LogP contribution in [-0.2, 0) is 21.2 Å². The molecule has 162 valence electrons. The number of hydrogen-bond donors (Lipinski definition) is 1. The summed E-state index contributed by atoms with van der Waals surface area (Å²) in [5, 5.41) is 7.41. The number of nitrogens with one attached hydrogen (secondary N) is 1. The van der Waals surface area contributed by atoms with Gasteiger partial charge in [0.25, 0.3) is 0 Å². The molecule has 1 fully saturated rings. The van der Waals surface area contributed by atoms with Gasteiger partial charge in [-0.25, -0.2) is 18.1 Å². The van der Waals surface area contributed by atoms with Crippen LogP contribution in [0.1, 0.15) is 24.8 Å². The number of hydrogen-bond acceptors (Lipinski definition) is 5. The van der Waals surface area contributed by atoms with Gasteiger partial charge in [0, 0.05) is 18.1 Å². The quantitative estimate of drug-likeness (QED) is 0.610. The molecular weight excluding hydrogens is 438 g/mol. The monoisotopic (exact) mass is 459 g/mol. The molecule has 0 spiro atoms. The molecule has 4 rings (SSSR count). The molecule has 3 aromatic rings. The minimum absolute atomic E-state index is 0.0906. The van der Waals surface area contributed by atoms with E-state index in [0.717, 1.165) is 19.3 Å². The summed E-state index contributed by atoms with van der Waals surface area (Å²) in [4.78, 5) is 16.8. The molecule has 0 saturated carbocycles. The highest BCUT2D eigenvalue weighted by molar-refractivity contribution is 7.89. The van der Waals surface area contributed by atoms with Crippen LogP contribution >= 0.6 is 11.6 Å². The third kappa shape index (κ3) is 4.95. The molecule has 1 aliphatic rings. The molecule has 10 heteroatoms.